The van der Waals surface area contributed by atoms with Gasteiger partial charge in [0.05, 0.1) is 0 Å². The van der Waals surface area contributed by atoms with Crippen molar-refractivity contribution in [3.05, 3.63) is 65.7 Å². The summed E-state index contributed by atoms with van der Waals surface area (Å²) in [6.07, 6.45) is 1.32. The van der Waals surface area contributed by atoms with E-state index in [0.29, 0.717) is 11.3 Å². The molecule has 2 aromatic rings. The fourth-order valence-corrected chi connectivity index (χ4v) is 1.70. The third-order valence-corrected chi connectivity index (χ3v) is 2.83. The minimum absolute atomic E-state index is 0.212. The summed E-state index contributed by atoms with van der Waals surface area (Å²) in [5, 5.41) is 0. The van der Waals surface area contributed by atoms with Crippen molar-refractivity contribution in [3.8, 4) is 0 Å². The van der Waals surface area contributed by atoms with Gasteiger partial charge in [-0.2, -0.15) is 0 Å². The van der Waals surface area contributed by atoms with E-state index in [2.05, 4.69) is 0 Å². The second kappa shape index (κ2) is 6.52. The lowest BCUT2D eigenvalue weighted by molar-refractivity contribution is 0.148. The highest BCUT2D eigenvalue weighted by Crippen LogP contribution is 2.15. The number of benzene rings is 2. The highest BCUT2D eigenvalue weighted by atomic mass is 16.6. The van der Waals surface area contributed by atoms with Gasteiger partial charge in [0.25, 0.3) is 0 Å². The van der Waals surface area contributed by atoms with E-state index in [9.17, 15) is 9.59 Å². The molecule has 2 rings (SSSR count). The van der Waals surface area contributed by atoms with Gasteiger partial charge in [-0.1, -0.05) is 42.5 Å². The van der Waals surface area contributed by atoms with Gasteiger partial charge in [0.2, 0.25) is 6.29 Å². The Morgan fingerprint density at radius 3 is 2.60 bits per heavy atom. The summed E-state index contributed by atoms with van der Waals surface area (Å²) in [6.45, 7) is 0.212. The Morgan fingerprint density at radius 2 is 1.90 bits per heavy atom. The molecule has 1 radical (unpaired) electrons. The number of anilines is 1. The molecule has 101 valence electrons. The van der Waals surface area contributed by atoms with E-state index >= 15 is 0 Å². The molecule has 4 heteroatoms. The molecule has 4 nitrogen and oxygen atoms in total. The van der Waals surface area contributed by atoms with Gasteiger partial charge in [0.15, 0.2) is 0 Å². The van der Waals surface area contributed by atoms with Crippen molar-refractivity contribution in [1.29, 1.82) is 0 Å². The van der Waals surface area contributed by atoms with Gasteiger partial charge >= 0.3 is 6.09 Å². The van der Waals surface area contributed by atoms with Crippen LogP contribution < -0.4 is 4.90 Å². The summed E-state index contributed by atoms with van der Waals surface area (Å²) in [7, 11) is 1.59. The maximum atomic E-state index is 11.9. The Balaban J connectivity index is 1.99. The molecule has 0 saturated carbocycles. The van der Waals surface area contributed by atoms with Gasteiger partial charge in [-0.15, -0.1) is 0 Å². The van der Waals surface area contributed by atoms with E-state index in [1.165, 1.54) is 4.90 Å². The molecule has 0 aliphatic heterocycles. The average Bonchev–Trinajstić information content (AvgIpc) is 2.53. The number of hydrogen-bond donors (Lipinski definition) is 0. The van der Waals surface area contributed by atoms with Gasteiger partial charge in [-0.25, -0.2) is 4.79 Å². The van der Waals surface area contributed by atoms with Gasteiger partial charge < -0.3 is 4.74 Å². The number of carbonyl (C=O) groups excluding carboxylic acids is 2. The number of hydrogen-bond acceptors (Lipinski definition) is 3. The third kappa shape index (κ3) is 3.45. The monoisotopic (exact) mass is 268 g/mol. The molecule has 0 spiro atoms. The lowest BCUT2D eigenvalue weighted by atomic mass is 10.2. The molecule has 0 heterocycles. The molecule has 1 amide bonds. The van der Waals surface area contributed by atoms with E-state index in [1.54, 1.807) is 37.6 Å². The number of carbonyl (C=O) groups is 1. The number of ether oxygens (including phenoxy) is 1. The predicted molar refractivity (Wildman–Crippen MR) is 76.3 cm³/mol. The Bertz CT molecular complexity index is 596. The highest BCUT2D eigenvalue weighted by Gasteiger charge is 2.12. The predicted octanol–water partition coefficient (Wildman–Crippen LogP) is 2.92. The summed E-state index contributed by atoms with van der Waals surface area (Å²) in [4.78, 5) is 23.9. The first kappa shape index (κ1) is 13.8. The lowest BCUT2D eigenvalue weighted by Gasteiger charge is -2.17. The first-order chi connectivity index (χ1) is 9.70. The quantitative estimate of drug-likeness (QED) is 0.856. The Morgan fingerprint density at radius 1 is 1.15 bits per heavy atom. The Hall–Kier alpha value is -2.62. The van der Waals surface area contributed by atoms with Gasteiger partial charge in [-0.05, 0) is 17.7 Å². The molecule has 0 fully saturated rings. The highest BCUT2D eigenvalue weighted by molar-refractivity contribution is 5.88. The minimum atomic E-state index is -0.475. The van der Waals surface area contributed by atoms with Crippen LogP contribution in [0.4, 0.5) is 10.5 Å². The molecular weight excluding hydrogens is 254 g/mol. The van der Waals surface area contributed by atoms with Crippen LogP contribution in [0.2, 0.25) is 0 Å². The average molecular weight is 268 g/mol. The van der Waals surface area contributed by atoms with Crippen molar-refractivity contribution in [2.24, 2.45) is 0 Å². The second-order valence-electron chi connectivity index (χ2n) is 4.25. The topological polar surface area (TPSA) is 46.6 Å². The molecule has 2 aromatic carbocycles. The van der Waals surface area contributed by atoms with Crippen LogP contribution in [-0.2, 0) is 16.1 Å². The largest absolute Gasteiger partial charge is 0.444 e. The van der Waals surface area contributed by atoms with Gasteiger partial charge in [-0.3, -0.25) is 9.69 Å². The Kier molecular flexibility index (Phi) is 4.50. The van der Waals surface area contributed by atoms with Crippen LogP contribution in [0, 0.1) is 0 Å². The van der Waals surface area contributed by atoms with Crippen LogP contribution in [0.3, 0.4) is 0 Å². The van der Waals surface area contributed by atoms with Crippen molar-refractivity contribution < 1.29 is 14.3 Å². The smallest absolute Gasteiger partial charge is 0.414 e. The fourth-order valence-electron chi connectivity index (χ4n) is 1.70. The molecule has 20 heavy (non-hydrogen) atoms. The minimum Gasteiger partial charge on any atom is -0.444 e. The summed E-state index contributed by atoms with van der Waals surface area (Å²) < 4.78 is 5.21. The SMILES string of the molecule is CN(C(=O)OCc1ccccc1)c1cccc([C]=O)c1. The molecule has 0 N–H and O–H groups in total. The number of rotatable bonds is 4. The summed E-state index contributed by atoms with van der Waals surface area (Å²) >= 11 is 0. The Labute approximate surface area is 117 Å². The van der Waals surface area contributed by atoms with Crippen LogP contribution in [0.25, 0.3) is 0 Å². The van der Waals surface area contributed by atoms with Crippen molar-refractivity contribution in [2.45, 2.75) is 6.61 Å². The standard InChI is InChI=1S/C16H14NO3/c1-17(15-9-5-8-14(10-15)11-18)16(19)20-12-13-6-3-2-4-7-13/h2-10H,12H2,1H3. The van der Waals surface area contributed by atoms with Crippen molar-refractivity contribution in [3.63, 3.8) is 0 Å². The van der Waals surface area contributed by atoms with E-state index in [-0.39, 0.29) is 6.61 Å². The molecule has 0 aromatic heterocycles. The first-order valence-electron chi connectivity index (χ1n) is 6.13. The van der Waals surface area contributed by atoms with Crippen LogP contribution in [0.15, 0.2) is 54.6 Å². The lowest BCUT2D eigenvalue weighted by Crippen LogP contribution is -2.27. The van der Waals surface area contributed by atoms with Gasteiger partial charge in [0.1, 0.15) is 6.61 Å². The summed E-state index contributed by atoms with van der Waals surface area (Å²) in [5.41, 5.74) is 1.90. The molecular formula is C16H14NO3. The van der Waals surface area contributed by atoms with Crippen LogP contribution in [-0.4, -0.2) is 19.4 Å². The van der Waals surface area contributed by atoms with Crippen molar-refractivity contribution >= 4 is 18.1 Å². The molecule has 0 aliphatic rings. The maximum absolute atomic E-state index is 11.9. The van der Waals surface area contributed by atoms with Crippen LogP contribution in [0.5, 0.6) is 0 Å². The fraction of sp³-hybridized carbons (Fsp3) is 0.125. The summed E-state index contributed by atoms with van der Waals surface area (Å²) in [5.74, 6) is 0. The number of nitrogens with zero attached hydrogens (tertiary/aromatic N) is 1. The van der Waals surface area contributed by atoms with Gasteiger partial charge in [0, 0.05) is 18.3 Å². The maximum Gasteiger partial charge on any atom is 0.414 e. The second-order valence-corrected chi connectivity index (χ2v) is 4.25. The van der Waals surface area contributed by atoms with E-state index in [1.807, 2.05) is 30.3 Å². The zero-order valence-corrected chi connectivity index (χ0v) is 11.1. The zero-order valence-electron chi connectivity index (χ0n) is 11.1. The van der Waals surface area contributed by atoms with E-state index in [0.717, 1.165) is 5.56 Å². The third-order valence-electron chi connectivity index (χ3n) is 2.83. The molecule has 0 saturated heterocycles. The van der Waals surface area contributed by atoms with Crippen LogP contribution >= 0.6 is 0 Å². The zero-order chi connectivity index (χ0) is 14.4. The number of amides is 1. The molecule has 0 atom stereocenters. The van der Waals surface area contributed by atoms with E-state index < -0.39 is 6.09 Å². The van der Waals surface area contributed by atoms with Crippen LogP contribution in [0.1, 0.15) is 11.1 Å². The normalized spacial score (nSPS) is 9.85. The molecule has 0 unspecified atom stereocenters. The van der Waals surface area contributed by atoms with Crippen molar-refractivity contribution in [1.82, 2.24) is 0 Å². The molecule has 0 bridgehead atoms. The summed E-state index contributed by atoms with van der Waals surface area (Å²) in [6, 6.07) is 16.1. The first-order valence-corrected chi connectivity index (χ1v) is 6.13. The van der Waals surface area contributed by atoms with Crippen molar-refractivity contribution in [2.75, 3.05) is 11.9 Å². The van der Waals surface area contributed by atoms with E-state index in [4.69, 9.17) is 4.74 Å². The molecule has 0 aliphatic carbocycles.